The summed E-state index contributed by atoms with van der Waals surface area (Å²) in [7, 11) is 0. The van der Waals surface area contributed by atoms with E-state index in [-0.39, 0.29) is 5.92 Å². The molecule has 100 valence electrons. The second-order valence-corrected chi connectivity index (χ2v) is 5.86. The highest BCUT2D eigenvalue weighted by molar-refractivity contribution is 5.98. The number of cyclic esters (lactones) is 2. The van der Waals surface area contributed by atoms with Crippen LogP contribution in [-0.4, -0.2) is 29.2 Å². The van der Waals surface area contributed by atoms with Crippen LogP contribution in [0.3, 0.4) is 0 Å². The molecule has 0 aromatic heterocycles. The fourth-order valence-electron chi connectivity index (χ4n) is 2.37. The molecule has 1 heterocycles. The summed E-state index contributed by atoms with van der Waals surface area (Å²) in [5.41, 5.74) is -1.71. The molecule has 18 heavy (non-hydrogen) atoms. The lowest BCUT2D eigenvalue weighted by molar-refractivity contribution is -0.171. The van der Waals surface area contributed by atoms with Crippen LogP contribution in [0.25, 0.3) is 0 Å². The topological polar surface area (TPSA) is 81.7 Å². The molecule has 1 saturated heterocycles. The normalized spacial score (nSPS) is 30.9. The first kappa shape index (κ1) is 12.9. The average molecular weight is 255 g/mol. The Labute approximate surface area is 105 Å². The van der Waals surface area contributed by atoms with Crippen molar-refractivity contribution in [2.24, 2.45) is 5.92 Å². The number of esters is 2. The van der Waals surface area contributed by atoms with Crippen LogP contribution < -0.4 is 5.32 Å². The van der Waals surface area contributed by atoms with Gasteiger partial charge in [-0.3, -0.25) is 4.79 Å². The molecule has 0 aromatic carbocycles. The van der Waals surface area contributed by atoms with Gasteiger partial charge < -0.3 is 14.8 Å². The van der Waals surface area contributed by atoms with Crippen LogP contribution in [0, 0.1) is 5.92 Å². The summed E-state index contributed by atoms with van der Waals surface area (Å²) in [6, 6.07) is 0. The van der Waals surface area contributed by atoms with E-state index in [9.17, 15) is 14.4 Å². The van der Waals surface area contributed by atoms with Crippen LogP contribution in [0.1, 0.15) is 40.0 Å². The van der Waals surface area contributed by atoms with Crippen LogP contribution in [0.15, 0.2) is 0 Å². The molecule has 2 atom stereocenters. The third kappa shape index (κ3) is 2.32. The van der Waals surface area contributed by atoms with E-state index in [2.05, 4.69) is 10.1 Å². The van der Waals surface area contributed by atoms with Gasteiger partial charge in [-0.25, -0.2) is 9.59 Å². The lowest BCUT2D eigenvalue weighted by Gasteiger charge is -2.31. The number of nitrogens with one attached hydrogen (secondary N) is 1. The number of alkyl carbamates (subject to hydrolysis) is 1. The number of carbonyl (C=O) groups excluding carboxylic acids is 3. The molecular weight excluding hydrogens is 238 g/mol. The van der Waals surface area contributed by atoms with Crippen molar-refractivity contribution in [3.8, 4) is 0 Å². The van der Waals surface area contributed by atoms with Gasteiger partial charge in [-0.1, -0.05) is 0 Å². The summed E-state index contributed by atoms with van der Waals surface area (Å²) < 4.78 is 9.78. The molecule has 1 aliphatic heterocycles. The number of ether oxygens (including phenoxy) is 2. The summed E-state index contributed by atoms with van der Waals surface area (Å²) in [4.78, 5) is 34.8. The first-order valence-corrected chi connectivity index (χ1v) is 5.99. The van der Waals surface area contributed by atoms with Gasteiger partial charge in [-0.2, -0.15) is 0 Å². The maximum absolute atomic E-state index is 11.8. The zero-order valence-corrected chi connectivity index (χ0v) is 10.7. The molecule has 2 fully saturated rings. The minimum atomic E-state index is -1.08. The SMILES string of the molecule is CC(C)(C)OC(=O)NC12CCC(C1)C(=O)OC2=O. The van der Waals surface area contributed by atoms with Crippen LogP contribution in [0.5, 0.6) is 0 Å². The van der Waals surface area contributed by atoms with Crippen molar-refractivity contribution in [3.63, 3.8) is 0 Å². The molecule has 0 radical (unpaired) electrons. The van der Waals surface area contributed by atoms with Gasteiger partial charge in [0.1, 0.15) is 11.1 Å². The summed E-state index contributed by atoms with van der Waals surface area (Å²) in [5.74, 6) is -1.45. The molecule has 1 aliphatic carbocycles. The van der Waals surface area contributed by atoms with Crippen LogP contribution in [0.2, 0.25) is 0 Å². The molecule has 1 N–H and O–H groups in total. The summed E-state index contributed by atoms with van der Waals surface area (Å²) in [5, 5.41) is 2.56. The Morgan fingerprint density at radius 3 is 2.72 bits per heavy atom. The number of fused-ring (bicyclic) bond motifs is 2. The Bertz CT molecular complexity index is 411. The molecule has 2 aliphatic rings. The van der Waals surface area contributed by atoms with E-state index in [0.717, 1.165) is 0 Å². The van der Waals surface area contributed by atoms with Crippen molar-refractivity contribution >= 4 is 18.0 Å². The van der Waals surface area contributed by atoms with E-state index in [1.165, 1.54) is 0 Å². The number of hydrogen-bond donors (Lipinski definition) is 1. The van der Waals surface area contributed by atoms with Crippen molar-refractivity contribution in [2.75, 3.05) is 0 Å². The zero-order valence-electron chi connectivity index (χ0n) is 10.7. The summed E-state index contributed by atoms with van der Waals surface area (Å²) in [6.07, 6.45) is 0.626. The van der Waals surface area contributed by atoms with Gasteiger partial charge in [0.2, 0.25) is 0 Å². The Balaban J connectivity index is 2.07. The van der Waals surface area contributed by atoms with E-state index in [0.29, 0.717) is 19.3 Å². The van der Waals surface area contributed by atoms with Gasteiger partial charge in [-0.15, -0.1) is 0 Å². The number of amides is 1. The van der Waals surface area contributed by atoms with Gasteiger partial charge in [0.05, 0.1) is 5.92 Å². The lowest BCUT2D eigenvalue weighted by atomic mass is 9.94. The molecule has 0 aromatic rings. The van der Waals surface area contributed by atoms with Gasteiger partial charge in [0, 0.05) is 0 Å². The zero-order chi connectivity index (χ0) is 13.6. The Morgan fingerprint density at radius 2 is 2.11 bits per heavy atom. The maximum atomic E-state index is 11.8. The molecule has 2 rings (SSSR count). The van der Waals surface area contributed by atoms with Crippen LogP contribution in [-0.2, 0) is 19.1 Å². The van der Waals surface area contributed by atoms with E-state index >= 15 is 0 Å². The first-order valence-electron chi connectivity index (χ1n) is 5.99. The molecule has 2 bridgehead atoms. The summed E-state index contributed by atoms with van der Waals surface area (Å²) in [6.45, 7) is 5.22. The molecule has 0 spiro atoms. The van der Waals surface area contributed by atoms with E-state index in [1.54, 1.807) is 20.8 Å². The molecule has 1 amide bonds. The van der Waals surface area contributed by atoms with Gasteiger partial charge in [-0.05, 0) is 40.0 Å². The van der Waals surface area contributed by atoms with Gasteiger partial charge in [0.25, 0.3) is 0 Å². The van der Waals surface area contributed by atoms with Crippen LogP contribution >= 0.6 is 0 Å². The molecule has 6 heteroatoms. The summed E-state index contributed by atoms with van der Waals surface area (Å²) >= 11 is 0. The van der Waals surface area contributed by atoms with Crippen molar-refractivity contribution < 1.29 is 23.9 Å². The van der Waals surface area contributed by atoms with Crippen molar-refractivity contribution in [2.45, 2.75) is 51.2 Å². The highest BCUT2D eigenvalue weighted by atomic mass is 16.6. The average Bonchev–Trinajstić information content (AvgIpc) is 2.55. The second kappa shape index (κ2) is 3.96. The Morgan fingerprint density at radius 1 is 1.44 bits per heavy atom. The van der Waals surface area contributed by atoms with E-state index in [4.69, 9.17) is 4.74 Å². The van der Waals surface area contributed by atoms with Crippen molar-refractivity contribution in [1.29, 1.82) is 0 Å². The second-order valence-electron chi connectivity index (χ2n) is 5.86. The van der Waals surface area contributed by atoms with E-state index < -0.39 is 29.2 Å². The van der Waals surface area contributed by atoms with Crippen LogP contribution in [0.4, 0.5) is 4.79 Å². The molecule has 6 nitrogen and oxygen atoms in total. The van der Waals surface area contributed by atoms with Gasteiger partial charge in [0.15, 0.2) is 0 Å². The smallest absolute Gasteiger partial charge is 0.408 e. The van der Waals surface area contributed by atoms with Crippen molar-refractivity contribution in [1.82, 2.24) is 5.32 Å². The highest BCUT2D eigenvalue weighted by Crippen LogP contribution is 2.40. The number of rotatable bonds is 1. The quantitative estimate of drug-likeness (QED) is 0.561. The number of hydrogen-bond acceptors (Lipinski definition) is 5. The predicted octanol–water partition coefficient (Wildman–Crippen LogP) is 1.13. The third-order valence-corrected chi connectivity index (χ3v) is 3.17. The lowest BCUT2D eigenvalue weighted by Crippen LogP contribution is -2.57. The minimum absolute atomic E-state index is 0.294. The van der Waals surface area contributed by atoms with Gasteiger partial charge >= 0.3 is 18.0 Å². The Kier molecular flexibility index (Phi) is 2.83. The Hall–Kier alpha value is -1.59. The fourth-order valence-corrected chi connectivity index (χ4v) is 2.37. The van der Waals surface area contributed by atoms with Crippen molar-refractivity contribution in [3.05, 3.63) is 0 Å². The maximum Gasteiger partial charge on any atom is 0.408 e. The third-order valence-electron chi connectivity index (χ3n) is 3.17. The fraction of sp³-hybridized carbons (Fsp3) is 0.750. The standard InChI is InChI=1S/C12H17NO5/c1-11(2,3)18-10(16)13-12-5-4-7(6-12)8(14)17-9(12)15/h7H,4-6H2,1-3H3,(H,13,16). The predicted molar refractivity (Wildman–Crippen MR) is 60.5 cm³/mol. The molecule has 2 unspecified atom stereocenters. The monoisotopic (exact) mass is 255 g/mol. The highest BCUT2D eigenvalue weighted by Gasteiger charge is 2.55. The number of carbonyl (C=O) groups is 3. The molecule has 1 saturated carbocycles. The molecular formula is C12H17NO5. The first-order chi connectivity index (χ1) is 8.22. The minimum Gasteiger partial charge on any atom is -0.444 e. The largest absolute Gasteiger partial charge is 0.444 e. The van der Waals surface area contributed by atoms with E-state index in [1.807, 2.05) is 0 Å².